The number of carbonyl (C=O) groups is 2. The Kier molecular flexibility index (Phi) is 6.83. The molecule has 7 heteroatoms. The lowest BCUT2D eigenvalue weighted by molar-refractivity contribution is -0.140. The highest BCUT2D eigenvalue weighted by atomic mass is 16.5. The summed E-state index contributed by atoms with van der Waals surface area (Å²) < 4.78 is 4.46. The zero-order valence-corrected chi connectivity index (χ0v) is 12.5. The number of rotatable bonds is 6. The van der Waals surface area contributed by atoms with Crippen LogP contribution in [0.2, 0.25) is 0 Å². The Hall–Kier alpha value is -3.32. The second kappa shape index (κ2) is 8.85. The normalized spacial score (nSPS) is 10.7. The fourth-order valence-corrected chi connectivity index (χ4v) is 1.70. The number of nitrogens with zero attached hydrogens (tertiary/aromatic N) is 2. The van der Waals surface area contributed by atoms with Crippen LogP contribution in [0.3, 0.4) is 0 Å². The molecule has 0 spiro atoms. The molecule has 0 saturated heterocycles. The van der Waals surface area contributed by atoms with Crippen LogP contribution in [0.25, 0.3) is 0 Å². The van der Waals surface area contributed by atoms with E-state index in [4.69, 9.17) is 10.5 Å². The summed E-state index contributed by atoms with van der Waals surface area (Å²) in [7, 11) is 1.25. The Morgan fingerprint density at radius 2 is 1.87 bits per heavy atom. The second-order valence-electron chi connectivity index (χ2n) is 4.51. The van der Waals surface area contributed by atoms with Gasteiger partial charge in [-0.3, -0.25) is 9.59 Å². The summed E-state index contributed by atoms with van der Waals surface area (Å²) in [6, 6.07) is 9.65. The molecule has 0 fully saturated rings. The van der Waals surface area contributed by atoms with Gasteiger partial charge in [-0.15, -0.1) is 0 Å². The first kappa shape index (κ1) is 17.7. The van der Waals surface area contributed by atoms with Gasteiger partial charge >= 0.3 is 5.97 Å². The summed E-state index contributed by atoms with van der Waals surface area (Å²) in [6.07, 6.45) is 0.350. The number of aliphatic hydroxyl groups is 1. The van der Waals surface area contributed by atoms with Gasteiger partial charge in [-0.1, -0.05) is 0 Å². The van der Waals surface area contributed by atoms with E-state index < -0.39 is 17.4 Å². The van der Waals surface area contributed by atoms with Gasteiger partial charge in [0.15, 0.2) is 5.57 Å². The number of hydrogen-bond donors (Lipinski definition) is 2. The average molecular weight is 313 g/mol. The quantitative estimate of drug-likeness (QED) is 0.359. The molecule has 0 aliphatic heterocycles. The molecule has 1 amide bonds. The zero-order valence-electron chi connectivity index (χ0n) is 12.5. The Labute approximate surface area is 133 Å². The van der Waals surface area contributed by atoms with Crippen molar-refractivity contribution in [3.05, 3.63) is 41.2 Å². The molecule has 0 aliphatic rings. The van der Waals surface area contributed by atoms with Crippen molar-refractivity contribution in [1.29, 1.82) is 10.5 Å². The molecule has 0 radical (unpaired) electrons. The van der Waals surface area contributed by atoms with Crippen LogP contribution in [0.5, 0.6) is 0 Å². The van der Waals surface area contributed by atoms with Crippen LogP contribution in [0.1, 0.15) is 24.8 Å². The van der Waals surface area contributed by atoms with Crippen LogP contribution >= 0.6 is 0 Å². The number of aliphatic hydroxyl groups excluding tert-OH is 1. The molecule has 0 unspecified atom stereocenters. The number of ether oxygens (including phenoxy) is 1. The number of methoxy groups -OCH3 is 1. The SMILES string of the molecule is COC(=O)CCC/C(O)=C(\C#N)C(=O)Nc1ccc(C#N)cc1. The minimum Gasteiger partial charge on any atom is -0.511 e. The molecule has 23 heavy (non-hydrogen) atoms. The fourth-order valence-electron chi connectivity index (χ4n) is 1.70. The molecule has 2 N–H and O–H groups in total. The molecule has 118 valence electrons. The summed E-state index contributed by atoms with van der Waals surface area (Å²) in [5.41, 5.74) is 0.410. The highest BCUT2D eigenvalue weighted by Crippen LogP contribution is 2.14. The van der Waals surface area contributed by atoms with Gasteiger partial charge in [-0.05, 0) is 30.7 Å². The molecule has 1 aromatic carbocycles. The highest BCUT2D eigenvalue weighted by Gasteiger charge is 2.15. The zero-order chi connectivity index (χ0) is 17.2. The van der Waals surface area contributed by atoms with Crippen LogP contribution < -0.4 is 5.32 Å². The van der Waals surface area contributed by atoms with Crippen molar-refractivity contribution >= 4 is 17.6 Å². The van der Waals surface area contributed by atoms with Crippen molar-refractivity contribution in [2.75, 3.05) is 12.4 Å². The summed E-state index contributed by atoms with van der Waals surface area (Å²) in [4.78, 5) is 23.0. The van der Waals surface area contributed by atoms with Crippen molar-refractivity contribution in [2.24, 2.45) is 0 Å². The average Bonchev–Trinajstić information content (AvgIpc) is 2.56. The van der Waals surface area contributed by atoms with Gasteiger partial charge in [0.1, 0.15) is 11.8 Å². The van der Waals surface area contributed by atoms with Gasteiger partial charge < -0.3 is 15.2 Å². The first-order valence-corrected chi connectivity index (χ1v) is 6.72. The van der Waals surface area contributed by atoms with Crippen molar-refractivity contribution < 1.29 is 19.4 Å². The van der Waals surface area contributed by atoms with Crippen LogP contribution in [0.15, 0.2) is 35.6 Å². The lowest BCUT2D eigenvalue weighted by Gasteiger charge is -2.06. The van der Waals surface area contributed by atoms with E-state index in [2.05, 4.69) is 10.1 Å². The van der Waals surface area contributed by atoms with Crippen molar-refractivity contribution in [3.63, 3.8) is 0 Å². The maximum absolute atomic E-state index is 12.0. The van der Waals surface area contributed by atoms with E-state index in [1.165, 1.54) is 31.4 Å². The van der Waals surface area contributed by atoms with Gasteiger partial charge in [-0.25, -0.2) is 0 Å². The van der Waals surface area contributed by atoms with Crippen LogP contribution in [0.4, 0.5) is 5.69 Å². The molecule has 0 atom stereocenters. The fraction of sp³-hybridized carbons (Fsp3) is 0.250. The van der Waals surface area contributed by atoms with Crippen LogP contribution in [-0.4, -0.2) is 24.1 Å². The standard InChI is InChI=1S/C16H15N3O4/c1-23-15(21)4-2-3-14(20)13(10-18)16(22)19-12-7-5-11(9-17)6-8-12/h5-8,20H,2-4H2,1H3,(H,19,22)/b14-13-. The molecule has 0 aliphatic carbocycles. The van der Waals surface area contributed by atoms with E-state index in [9.17, 15) is 14.7 Å². The van der Waals surface area contributed by atoms with Gasteiger partial charge in [0.25, 0.3) is 5.91 Å². The number of nitrogens with one attached hydrogen (secondary N) is 1. The Balaban J connectivity index is 2.73. The van der Waals surface area contributed by atoms with Crippen molar-refractivity contribution in [1.82, 2.24) is 0 Å². The highest BCUT2D eigenvalue weighted by molar-refractivity contribution is 6.06. The summed E-state index contributed by atoms with van der Waals surface area (Å²) in [5.74, 6) is -1.58. The number of allylic oxidation sites excluding steroid dienone is 1. The number of carbonyl (C=O) groups excluding carboxylic acids is 2. The Morgan fingerprint density at radius 3 is 2.39 bits per heavy atom. The number of hydrogen-bond acceptors (Lipinski definition) is 6. The van der Waals surface area contributed by atoms with E-state index in [0.29, 0.717) is 11.3 Å². The molecular formula is C16H15N3O4. The molecule has 1 rings (SSSR count). The van der Waals surface area contributed by atoms with E-state index in [0.717, 1.165) is 0 Å². The lowest BCUT2D eigenvalue weighted by Crippen LogP contribution is -2.15. The number of anilines is 1. The molecule has 0 bridgehead atoms. The minimum absolute atomic E-state index is 0.0127. The third kappa shape index (κ3) is 5.52. The molecule has 0 heterocycles. The van der Waals surface area contributed by atoms with E-state index in [-0.39, 0.29) is 25.0 Å². The van der Waals surface area contributed by atoms with Gasteiger partial charge in [0, 0.05) is 18.5 Å². The number of amides is 1. The largest absolute Gasteiger partial charge is 0.511 e. The second-order valence-corrected chi connectivity index (χ2v) is 4.51. The van der Waals surface area contributed by atoms with E-state index in [1.54, 1.807) is 6.07 Å². The first-order chi connectivity index (χ1) is 11.0. The number of esters is 1. The predicted octanol–water partition coefficient (Wildman–Crippen LogP) is 2.18. The maximum Gasteiger partial charge on any atom is 0.305 e. The molecule has 0 saturated carbocycles. The van der Waals surface area contributed by atoms with Crippen LogP contribution in [0, 0.1) is 22.7 Å². The summed E-state index contributed by atoms with van der Waals surface area (Å²) >= 11 is 0. The lowest BCUT2D eigenvalue weighted by atomic mass is 10.1. The Bertz CT molecular complexity index is 694. The summed E-state index contributed by atoms with van der Waals surface area (Å²) in [6.45, 7) is 0. The number of nitriles is 2. The van der Waals surface area contributed by atoms with E-state index >= 15 is 0 Å². The Morgan fingerprint density at radius 1 is 1.22 bits per heavy atom. The molecule has 0 aromatic heterocycles. The number of benzene rings is 1. The van der Waals surface area contributed by atoms with E-state index in [1.807, 2.05) is 6.07 Å². The minimum atomic E-state index is -0.757. The summed E-state index contributed by atoms with van der Waals surface area (Å²) in [5, 5.41) is 30.0. The molecule has 7 nitrogen and oxygen atoms in total. The maximum atomic E-state index is 12.0. The van der Waals surface area contributed by atoms with Gasteiger partial charge in [0.2, 0.25) is 0 Å². The predicted molar refractivity (Wildman–Crippen MR) is 80.9 cm³/mol. The first-order valence-electron chi connectivity index (χ1n) is 6.72. The molecular weight excluding hydrogens is 298 g/mol. The van der Waals surface area contributed by atoms with Crippen molar-refractivity contribution in [3.8, 4) is 12.1 Å². The monoisotopic (exact) mass is 313 g/mol. The topological polar surface area (TPSA) is 123 Å². The van der Waals surface area contributed by atoms with Crippen molar-refractivity contribution in [2.45, 2.75) is 19.3 Å². The smallest absolute Gasteiger partial charge is 0.305 e. The van der Waals surface area contributed by atoms with Gasteiger partial charge in [-0.2, -0.15) is 10.5 Å². The molecule has 1 aromatic rings. The van der Waals surface area contributed by atoms with Crippen LogP contribution in [-0.2, 0) is 14.3 Å². The third-order valence-corrected chi connectivity index (χ3v) is 2.92. The van der Waals surface area contributed by atoms with Gasteiger partial charge in [0.05, 0.1) is 18.7 Å². The third-order valence-electron chi connectivity index (χ3n) is 2.92.